The first kappa shape index (κ1) is 21.5. The van der Waals surface area contributed by atoms with Crippen LogP contribution in [0.15, 0.2) is 48.5 Å². The lowest BCUT2D eigenvalue weighted by atomic mass is 10.1. The van der Waals surface area contributed by atoms with Crippen LogP contribution in [0.5, 0.6) is 11.5 Å². The second-order valence-electron chi connectivity index (χ2n) is 7.45. The minimum atomic E-state index is -0.555. The van der Waals surface area contributed by atoms with Crippen molar-refractivity contribution in [3.05, 3.63) is 59.1 Å². The fraction of sp³-hybridized carbons (Fsp3) is 0.435. The molecule has 2 aromatic carbocycles. The molecule has 1 atom stereocenters. The van der Waals surface area contributed by atoms with Crippen molar-refractivity contribution in [2.24, 2.45) is 0 Å². The van der Waals surface area contributed by atoms with Gasteiger partial charge in [0.25, 0.3) is 5.91 Å². The highest BCUT2D eigenvalue weighted by atomic mass is 35.5. The van der Waals surface area contributed by atoms with E-state index in [9.17, 15) is 4.79 Å². The lowest BCUT2D eigenvalue weighted by Gasteiger charge is -2.29. The van der Waals surface area contributed by atoms with Gasteiger partial charge in [0.15, 0.2) is 6.10 Å². The van der Waals surface area contributed by atoms with Gasteiger partial charge in [-0.3, -0.25) is 4.79 Å². The summed E-state index contributed by atoms with van der Waals surface area (Å²) in [5.41, 5.74) is 1.02. The number of piperidine rings is 1. The van der Waals surface area contributed by atoms with Gasteiger partial charge in [0.05, 0.1) is 0 Å². The summed E-state index contributed by atoms with van der Waals surface area (Å²) in [5, 5.41) is 3.53. The Morgan fingerprint density at radius 3 is 2.55 bits per heavy atom. The summed E-state index contributed by atoms with van der Waals surface area (Å²) < 4.78 is 11.9. The Bertz CT molecular complexity index is 789. The molecule has 0 saturated carbocycles. The first-order valence-corrected chi connectivity index (χ1v) is 10.6. The first-order valence-electron chi connectivity index (χ1n) is 10.2. The van der Waals surface area contributed by atoms with E-state index in [0.717, 1.165) is 37.2 Å². The number of nitrogens with zero attached hydrogens (tertiary/aromatic N) is 1. The molecule has 1 amide bonds. The Kier molecular flexibility index (Phi) is 7.78. The molecule has 29 heavy (non-hydrogen) atoms. The Morgan fingerprint density at radius 2 is 1.90 bits per heavy atom. The van der Waals surface area contributed by atoms with Gasteiger partial charge < -0.3 is 19.7 Å². The predicted octanol–water partition coefficient (Wildman–Crippen LogP) is 4.29. The zero-order valence-electron chi connectivity index (χ0n) is 17.1. The number of hydrogen-bond acceptors (Lipinski definition) is 4. The van der Waals surface area contributed by atoms with Gasteiger partial charge in [-0.2, -0.15) is 0 Å². The van der Waals surface area contributed by atoms with Crippen LogP contribution in [0.1, 0.15) is 31.7 Å². The molecule has 1 saturated heterocycles. The third-order valence-corrected chi connectivity index (χ3v) is 5.33. The molecule has 1 aliphatic rings. The number of benzene rings is 2. The average Bonchev–Trinajstić information content (AvgIpc) is 2.73. The molecule has 156 valence electrons. The van der Waals surface area contributed by atoms with Gasteiger partial charge >= 0.3 is 0 Å². The molecule has 1 N–H and O–H groups in total. The summed E-state index contributed by atoms with van der Waals surface area (Å²) in [4.78, 5) is 14.8. The van der Waals surface area contributed by atoms with Crippen molar-refractivity contribution in [3.63, 3.8) is 0 Å². The topological polar surface area (TPSA) is 50.8 Å². The minimum absolute atomic E-state index is 0.140. The molecule has 1 heterocycles. The van der Waals surface area contributed by atoms with E-state index in [0.29, 0.717) is 23.7 Å². The summed E-state index contributed by atoms with van der Waals surface area (Å²) in [6.07, 6.45) is 2.41. The number of likely N-dealkylation sites (tertiary alicyclic amines) is 1. The fourth-order valence-electron chi connectivity index (χ4n) is 3.31. The molecule has 0 radical (unpaired) electrons. The Morgan fingerprint density at radius 1 is 1.17 bits per heavy atom. The zero-order valence-corrected chi connectivity index (χ0v) is 17.8. The van der Waals surface area contributed by atoms with Gasteiger partial charge in [0.2, 0.25) is 0 Å². The van der Waals surface area contributed by atoms with E-state index in [4.69, 9.17) is 21.1 Å². The van der Waals surface area contributed by atoms with Crippen molar-refractivity contribution in [2.75, 3.05) is 20.1 Å². The van der Waals surface area contributed by atoms with Crippen LogP contribution in [-0.4, -0.2) is 43.2 Å². The largest absolute Gasteiger partial charge is 0.490 e. The van der Waals surface area contributed by atoms with Crippen LogP contribution in [0.2, 0.25) is 5.02 Å². The maximum Gasteiger partial charge on any atom is 0.261 e. The van der Waals surface area contributed by atoms with Gasteiger partial charge in [-0.25, -0.2) is 0 Å². The number of amides is 1. The number of halogens is 1. The molecule has 1 fully saturated rings. The van der Waals surface area contributed by atoms with Crippen LogP contribution in [0.3, 0.4) is 0 Å². The van der Waals surface area contributed by atoms with E-state index in [1.807, 2.05) is 31.2 Å². The van der Waals surface area contributed by atoms with Gasteiger partial charge in [-0.05, 0) is 62.2 Å². The van der Waals surface area contributed by atoms with Crippen LogP contribution in [0, 0.1) is 0 Å². The van der Waals surface area contributed by atoms with Gasteiger partial charge in [0, 0.05) is 24.7 Å². The molecule has 0 unspecified atom stereocenters. The molecule has 1 aliphatic heterocycles. The van der Waals surface area contributed by atoms with Crippen molar-refractivity contribution in [3.8, 4) is 11.5 Å². The van der Waals surface area contributed by atoms with Crippen molar-refractivity contribution >= 4 is 17.5 Å². The minimum Gasteiger partial charge on any atom is -0.490 e. The van der Waals surface area contributed by atoms with Crippen LogP contribution < -0.4 is 14.8 Å². The number of ether oxygens (including phenoxy) is 2. The second kappa shape index (κ2) is 10.5. The highest BCUT2D eigenvalue weighted by Crippen LogP contribution is 2.20. The third-order valence-electron chi connectivity index (χ3n) is 5.10. The number of hydrogen-bond donors (Lipinski definition) is 1. The molecule has 0 aromatic heterocycles. The molecule has 6 heteroatoms. The van der Waals surface area contributed by atoms with E-state index in [2.05, 4.69) is 17.3 Å². The lowest BCUT2D eigenvalue weighted by molar-refractivity contribution is -0.128. The van der Waals surface area contributed by atoms with E-state index in [-0.39, 0.29) is 12.0 Å². The molecular formula is C23H29ClN2O3. The summed E-state index contributed by atoms with van der Waals surface area (Å²) >= 11 is 5.98. The highest BCUT2D eigenvalue weighted by Gasteiger charge is 2.19. The van der Waals surface area contributed by atoms with Crippen molar-refractivity contribution in [2.45, 2.75) is 44.9 Å². The van der Waals surface area contributed by atoms with E-state index >= 15 is 0 Å². The maximum absolute atomic E-state index is 12.5. The van der Waals surface area contributed by atoms with Crippen molar-refractivity contribution in [1.82, 2.24) is 10.2 Å². The van der Waals surface area contributed by atoms with E-state index < -0.39 is 6.10 Å². The van der Waals surface area contributed by atoms with Gasteiger partial charge in [0.1, 0.15) is 17.6 Å². The smallest absolute Gasteiger partial charge is 0.261 e. The lowest BCUT2D eigenvalue weighted by Crippen LogP contribution is -2.37. The van der Waals surface area contributed by atoms with E-state index in [1.54, 1.807) is 24.3 Å². The fourth-order valence-corrected chi connectivity index (χ4v) is 3.49. The molecule has 0 aliphatic carbocycles. The quantitative estimate of drug-likeness (QED) is 0.697. The third kappa shape index (κ3) is 6.65. The van der Waals surface area contributed by atoms with Crippen LogP contribution in [0.4, 0.5) is 0 Å². The summed E-state index contributed by atoms with van der Waals surface area (Å²) in [6.45, 7) is 4.52. The molecule has 5 nitrogen and oxygen atoms in total. The van der Waals surface area contributed by atoms with Crippen LogP contribution in [-0.2, 0) is 11.3 Å². The molecular weight excluding hydrogens is 388 g/mol. The summed E-state index contributed by atoms with van der Waals surface area (Å²) in [7, 11) is 2.14. The average molecular weight is 417 g/mol. The monoisotopic (exact) mass is 416 g/mol. The second-order valence-corrected chi connectivity index (χ2v) is 7.89. The van der Waals surface area contributed by atoms with Gasteiger partial charge in [-0.1, -0.05) is 36.7 Å². The molecule has 0 bridgehead atoms. The number of carbonyl (C=O) groups excluding carboxylic acids is 1. The normalized spacial score (nSPS) is 16.2. The molecule has 0 spiro atoms. The number of nitrogens with one attached hydrogen (secondary N) is 1. The van der Waals surface area contributed by atoms with Crippen molar-refractivity contribution < 1.29 is 14.3 Å². The summed E-state index contributed by atoms with van der Waals surface area (Å²) in [6, 6.07) is 15.0. The Hall–Kier alpha value is -2.24. The standard InChI is InChI=1S/C23H29ClN2O3/c1-3-22(29-21-6-4-5-18(24)15-21)23(27)25-16-17-7-9-19(10-8-17)28-20-11-13-26(2)14-12-20/h4-10,15,20,22H,3,11-14,16H2,1-2H3,(H,25,27)/t22-/m0/s1. The number of carbonyl (C=O) groups is 1. The van der Waals surface area contributed by atoms with Gasteiger partial charge in [-0.15, -0.1) is 0 Å². The highest BCUT2D eigenvalue weighted by molar-refractivity contribution is 6.30. The number of rotatable bonds is 8. The summed E-state index contributed by atoms with van der Waals surface area (Å²) in [5.74, 6) is 1.33. The first-order chi connectivity index (χ1) is 14.0. The molecule has 3 rings (SSSR count). The predicted molar refractivity (Wildman–Crippen MR) is 116 cm³/mol. The molecule has 2 aromatic rings. The Balaban J connectivity index is 1.47. The maximum atomic E-state index is 12.5. The van der Waals surface area contributed by atoms with Crippen LogP contribution in [0.25, 0.3) is 0 Å². The zero-order chi connectivity index (χ0) is 20.6. The Labute approximate surface area is 177 Å². The SMILES string of the molecule is CC[C@H](Oc1cccc(Cl)c1)C(=O)NCc1ccc(OC2CCN(C)CC2)cc1. The van der Waals surface area contributed by atoms with Crippen LogP contribution >= 0.6 is 11.6 Å². The van der Waals surface area contributed by atoms with Crippen molar-refractivity contribution in [1.29, 1.82) is 0 Å². The van der Waals surface area contributed by atoms with E-state index in [1.165, 1.54) is 0 Å².